The van der Waals surface area contributed by atoms with Crippen LogP contribution in [0.3, 0.4) is 0 Å². The minimum atomic E-state index is -0.0392. The summed E-state index contributed by atoms with van der Waals surface area (Å²) < 4.78 is 5.59. The fourth-order valence-corrected chi connectivity index (χ4v) is 4.14. The minimum Gasteiger partial charge on any atom is -0.462 e. The lowest BCUT2D eigenvalue weighted by Crippen LogP contribution is -2.22. The van der Waals surface area contributed by atoms with Gasteiger partial charge in [0.1, 0.15) is 6.10 Å². The zero-order valence-corrected chi connectivity index (χ0v) is 12.9. The van der Waals surface area contributed by atoms with Crippen molar-refractivity contribution in [3.63, 3.8) is 0 Å². The summed E-state index contributed by atoms with van der Waals surface area (Å²) in [5, 5.41) is 0. The zero-order valence-electron chi connectivity index (χ0n) is 12.1. The van der Waals surface area contributed by atoms with Crippen LogP contribution in [-0.2, 0) is 22.4 Å². The third kappa shape index (κ3) is 3.20. The Morgan fingerprint density at radius 1 is 1.40 bits per heavy atom. The van der Waals surface area contributed by atoms with Crippen LogP contribution in [0.5, 0.6) is 0 Å². The minimum absolute atomic E-state index is 0.0215. The number of benzene rings is 1. The molecule has 1 unspecified atom stereocenters. The maximum absolute atomic E-state index is 12.1. The van der Waals surface area contributed by atoms with E-state index in [4.69, 9.17) is 4.74 Å². The molecule has 108 valence electrons. The van der Waals surface area contributed by atoms with Crippen LogP contribution in [0, 0.1) is 5.92 Å². The fourth-order valence-electron chi connectivity index (χ4n) is 3.09. The summed E-state index contributed by atoms with van der Waals surface area (Å²) >= 11 is 1.93. The van der Waals surface area contributed by atoms with Gasteiger partial charge in [0, 0.05) is 10.6 Å². The van der Waals surface area contributed by atoms with E-state index in [9.17, 15) is 4.79 Å². The molecule has 0 N–H and O–H groups in total. The molecule has 2 aliphatic rings. The number of thioether (sulfide) groups is 1. The summed E-state index contributed by atoms with van der Waals surface area (Å²) in [4.78, 5) is 13.5. The first-order valence-electron chi connectivity index (χ1n) is 7.67. The number of carbonyl (C=O) groups is 1. The molecule has 1 heterocycles. The first-order chi connectivity index (χ1) is 9.72. The van der Waals surface area contributed by atoms with E-state index in [0.717, 1.165) is 25.7 Å². The van der Waals surface area contributed by atoms with Gasteiger partial charge in [-0.1, -0.05) is 19.1 Å². The average molecular weight is 290 g/mol. The van der Waals surface area contributed by atoms with Gasteiger partial charge in [0.05, 0.1) is 5.92 Å². The van der Waals surface area contributed by atoms with Crippen LogP contribution in [0.1, 0.15) is 43.7 Å². The molecule has 3 rings (SSSR count). The Kier molecular flexibility index (Phi) is 4.35. The molecule has 0 saturated heterocycles. The highest BCUT2D eigenvalue weighted by Gasteiger charge is 2.23. The molecule has 1 aromatic rings. The Hall–Kier alpha value is -0.960. The number of fused-ring (bicyclic) bond motifs is 1. The van der Waals surface area contributed by atoms with Crippen molar-refractivity contribution in [3.8, 4) is 0 Å². The van der Waals surface area contributed by atoms with Gasteiger partial charge in [-0.3, -0.25) is 4.79 Å². The molecule has 3 heteroatoms. The van der Waals surface area contributed by atoms with E-state index < -0.39 is 0 Å². The van der Waals surface area contributed by atoms with Crippen LogP contribution < -0.4 is 0 Å². The lowest BCUT2D eigenvalue weighted by atomic mass is 9.99. The van der Waals surface area contributed by atoms with E-state index in [0.29, 0.717) is 0 Å². The molecule has 0 aromatic heterocycles. The number of ether oxygens (including phenoxy) is 1. The van der Waals surface area contributed by atoms with Crippen molar-refractivity contribution in [2.45, 2.75) is 56.4 Å². The molecule has 1 aromatic carbocycles. The predicted octanol–water partition coefficient (Wildman–Crippen LogP) is 4.00. The highest BCUT2D eigenvalue weighted by atomic mass is 32.2. The molecule has 1 fully saturated rings. The number of carbonyl (C=O) groups excluding carboxylic acids is 1. The monoisotopic (exact) mass is 290 g/mol. The van der Waals surface area contributed by atoms with E-state index in [-0.39, 0.29) is 18.0 Å². The van der Waals surface area contributed by atoms with E-state index in [1.165, 1.54) is 34.6 Å². The van der Waals surface area contributed by atoms with Crippen molar-refractivity contribution in [2.75, 3.05) is 5.75 Å². The second kappa shape index (κ2) is 6.21. The van der Waals surface area contributed by atoms with Crippen LogP contribution in [0.4, 0.5) is 0 Å². The summed E-state index contributed by atoms with van der Waals surface area (Å²) in [5.74, 6) is 1.13. The van der Waals surface area contributed by atoms with E-state index in [1.807, 2.05) is 18.7 Å². The Bertz CT molecular complexity index is 492. The second-order valence-corrected chi connectivity index (χ2v) is 7.13. The summed E-state index contributed by atoms with van der Waals surface area (Å²) in [6.07, 6.45) is 6.65. The number of esters is 1. The predicted molar refractivity (Wildman–Crippen MR) is 82.1 cm³/mol. The first-order valence-corrected chi connectivity index (χ1v) is 8.66. The van der Waals surface area contributed by atoms with Crippen molar-refractivity contribution in [3.05, 3.63) is 29.3 Å². The highest BCUT2D eigenvalue weighted by molar-refractivity contribution is 7.99. The molecule has 0 spiro atoms. The molecule has 1 atom stereocenters. The van der Waals surface area contributed by atoms with Gasteiger partial charge in [-0.2, -0.15) is 0 Å². The van der Waals surface area contributed by atoms with E-state index >= 15 is 0 Å². The molecule has 20 heavy (non-hydrogen) atoms. The van der Waals surface area contributed by atoms with Crippen LogP contribution in [0.15, 0.2) is 23.1 Å². The molecular weight excluding hydrogens is 268 g/mol. The molecule has 0 bridgehead atoms. The van der Waals surface area contributed by atoms with Crippen LogP contribution in [0.25, 0.3) is 0 Å². The van der Waals surface area contributed by atoms with Crippen LogP contribution in [0.2, 0.25) is 0 Å². The normalized spacial score (nSPS) is 19.9. The molecule has 0 amide bonds. The number of hydrogen-bond acceptors (Lipinski definition) is 3. The third-order valence-electron chi connectivity index (χ3n) is 4.28. The summed E-state index contributed by atoms with van der Waals surface area (Å²) in [6, 6.07) is 6.64. The fraction of sp³-hybridized carbons (Fsp3) is 0.588. The molecular formula is C17H22O2S. The second-order valence-electron chi connectivity index (χ2n) is 5.99. The standard InChI is InChI=1S/C17H22O2S/c1-12(17(18)19-15-4-2-3-5-15)10-13-6-7-16-14(11-13)8-9-20-16/h6-7,11-12,15H,2-5,8-10H2,1H3. The van der Waals surface area contributed by atoms with Crippen molar-refractivity contribution in [1.82, 2.24) is 0 Å². The SMILES string of the molecule is CC(Cc1ccc2c(c1)CCS2)C(=O)OC1CCCC1. The Labute approximate surface area is 125 Å². The van der Waals surface area contributed by atoms with Gasteiger partial charge in [-0.25, -0.2) is 0 Å². The topological polar surface area (TPSA) is 26.3 Å². The molecule has 0 radical (unpaired) electrons. The zero-order chi connectivity index (χ0) is 13.9. The lowest BCUT2D eigenvalue weighted by molar-refractivity contribution is -0.153. The number of rotatable bonds is 4. The average Bonchev–Trinajstić information content (AvgIpc) is 3.08. The van der Waals surface area contributed by atoms with Crippen molar-refractivity contribution in [1.29, 1.82) is 0 Å². The molecule has 1 saturated carbocycles. The van der Waals surface area contributed by atoms with Gasteiger partial charge in [-0.15, -0.1) is 11.8 Å². The van der Waals surface area contributed by atoms with Gasteiger partial charge in [0.15, 0.2) is 0 Å². The Morgan fingerprint density at radius 3 is 3.00 bits per heavy atom. The third-order valence-corrected chi connectivity index (χ3v) is 5.40. The van der Waals surface area contributed by atoms with E-state index in [1.54, 1.807) is 0 Å². The Balaban J connectivity index is 1.57. The van der Waals surface area contributed by atoms with Gasteiger partial charge < -0.3 is 4.74 Å². The first kappa shape index (κ1) is 14.0. The van der Waals surface area contributed by atoms with E-state index in [2.05, 4.69) is 18.2 Å². The van der Waals surface area contributed by atoms with Gasteiger partial charge >= 0.3 is 5.97 Å². The van der Waals surface area contributed by atoms with Crippen LogP contribution >= 0.6 is 11.8 Å². The lowest BCUT2D eigenvalue weighted by Gasteiger charge is -2.16. The maximum atomic E-state index is 12.1. The maximum Gasteiger partial charge on any atom is 0.309 e. The molecule has 2 nitrogen and oxygen atoms in total. The van der Waals surface area contributed by atoms with Crippen molar-refractivity contribution >= 4 is 17.7 Å². The van der Waals surface area contributed by atoms with Gasteiger partial charge in [0.25, 0.3) is 0 Å². The van der Waals surface area contributed by atoms with Gasteiger partial charge in [-0.05, 0) is 55.7 Å². The van der Waals surface area contributed by atoms with Crippen LogP contribution in [-0.4, -0.2) is 17.8 Å². The number of aryl methyl sites for hydroxylation is 1. The van der Waals surface area contributed by atoms with Gasteiger partial charge in [0.2, 0.25) is 0 Å². The summed E-state index contributed by atoms with van der Waals surface area (Å²) in [5.41, 5.74) is 2.71. The van der Waals surface area contributed by atoms with Crippen molar-refractivity contribution < 1.29 is 9.53 Å². The number of hydrogen-bond donors (Lipinski definition) is 0. The van der Waals surface area contributed by atoms with Crippen molar-refractivity contribution in [2.24, 2.45) is 5.92 Å². The molecule has 1 aliphatic carbocycles. The largest absolute Gasteiger partial charge is 0.462 e. The molecule has 1 aliphatic heterocycles. The highest BCUT2D eigenvalue weighted by Crippen LogP contribution is 2.32. The quantitative estimate of drug-likeness (QED) is 0.784. The summed E-state index contributed by atoms with van der Waals surface area (Å²) in [7, 11) is 0. The smallest absolute Gasteiger partial charge is 0.309 e. The Morgan fingerprint density at radius 2 is 2.20 bits per heavy atom. The summed E-state index contributed by atoms with van der Waals surface area (Å²) in [6.45, 7) is 1.99.